The van der Waals surface area contributed by atoms with Gasteiger partial charge in [-0.3, -0.25) is 9.69 Å². The number of hydrogen-bond acceptors (Lipinski definition) is 3. The van der Waals surface area contributed by atoms with Gasteiger partial charge in [0.05, 0.1) is 5.92 Å². The number of halogens is 2. The molecule has 3 N–H and O–H groups in total. The maximum absolute atomic E-state index is 12.5. The van der Waals surface area contributed by atoms with Gasteiger partial charge in [0.15, 0.2) is 0 Å². The van der Waals surface area contributed by atoms with Crippen molar-refractivity contribution in [2.75, 3.05) is 13.1 Å². The first-order chi connectivity index (χ1) is 11.7. The van der Waals surface area contributed by atoms with Crippen LogP contribution in [0.3, 0.4) is 0 Å². The SMILES string of the molecule is Cl.Cl.NC1C2CCC(C2)C1C(=O)NCc1ccc(CN2CCCC2)cc1. The summed E-state index contributed by atoms with van der Waals surface area (Å²) in [5, 5.41) is 3.12. The Balaban J connectivity index is 0.00000121. The van der Waals surface area contributed by atoms with Crippen molar-refractivity contribution in [3.8, 4) is 0 Å². The van der Waals surface area contributed by atoms with Crippen LogP contribution in [0.2, 0.25) is 0 Å². The molecule has 0 aromatic heterocycles. The van der Waals surface area contributed by atoms with Crippen LogP contribution in [0.15, 0.2) is 24.3 Å². The Morgan fingerprint density at radius 2 is 1.65 bits per heavy atom. The molecule has 1 amide bonds. The Labute approximate surface area is 169 Å². The van der Waals surface area contributed by atoms with Gasteiger partial charge in [0.25, 0.3) is 0 Å². The summed E-state index contributed by atoms with van der Waals surface area (Å²) in [6, 6.07) is 8.76. The highest BCUT2D eigenvalue weighted by Crippen LogP contribution is 2.47. The molecule has 4 atom stereocenters. The summed E-state index contributed by atoms with van der Waals surface area (Å²) >= 11 is 0. The first-order valence-electron chi connectivity index (χ1n) is 9.54. The van der Waals surface area contributed by atoms with E-state index in [0.717, 1.165) is 13.0 Å². The number of nitrogens with two attached hydrogens (primary N) is 1. The molecule has 2 saturated carbocycles. The van der Waals surface area contributed by atoms with E-state index in [1.165, 1.54) is 49.9 Å². The first kappa shape index (κ1) is 21.5. The zero-order valence-electron chi connectivity index (χ0n) is 15.2. The minimum absolute atomic E-state index is 0. The van der Waals surface area contributed by atoms with Crippen molar-refractivity contribution in [3.05, 3.63) is 35.4 Å². The van der Waals surface area contributed by atoms with Crippen molar-refractivity contribution < 1.29 is 4.79 Å². The predicted octanol–water partition coefficient (Wildman–Crippen LogP) is 3.12. The van der Waals surface area contributed by atoms with Crippen LogP contribution >= 0.6 is 24.8 Å². The Kier molecular flexibility index (Phi) is 7.77. The fraction of sp³-hybridized carbons (Fsp3) is 0.650. The molecule has 0 spiro atoms. The summed E-state index contributed by atoms with van der Waals surface area (Å²) in [4.78, 5) is 15.0. The molecule has 26 heavy (non-hydrogen) atoms. The molecule has 1 aromatic carbocycles. The van der Waals surface area contributed by atoms with Gasteiger partial charge in [-0.15, -0.1) is 24.8 Å². The molecule has 4 unspecified atom stereocenters. The molecule has 1 aromatic rings. The van der Waals surface area contributed by atoms with Crippen molar-refractivity contribution in [1.29, 1.82) is 0 Å². The lowest BCUT2D eigenvalue weighted by molar-refractivity contribution is -0.127. The average molecular weight is 400 g/mol. The van der Waals surface area contributed by atoms with E-state index in [1.54, 1.807) is 0 Å². The van der Waals surface area contributed by atoms with Crippen LogP contribution in [0.25, 0.3) is 0 Å². The van der Waals surface area contributed by atoms with Crippen molar-refractivity contribution in [1.82, 2.24) is 10.2 Å². The fourth-order valence-electron chi connectivity index (χ4n) is 4.99. The van der Waals surface area contributed by atoms with Gasteiger partial charge in [0.2, 0.25) is 5.91 Å². The van der Waals surface area contributed by atoms with Crippen LogP contribution in [0, 0.1) is 17.8 Å². The Morgan fingerprint density at radius 1 is 1.04 bits per heavy atom. The van der Waals surface area contributed by atoms with Crippen molar-refractivity contribution >= 4 is 30.7 Å². The van der Waals surface area contributed by atoms with E-state index in [4.69, 9.17) is 5.73 Å². The number of carbonyl (C=O) groups is 1. The van der Waals surface area contributed by atoms with E-state index < -0.39 is 0 Å². The highest BCUT2D eigenvalue weighted by molar-refractivity contribution is 5.85. The van der Waals surface area contributed by atoms with Gasteiger partial charge in [-0.2, -0.15) is 0 Å². The zero-order valence-corrected chi connectivity index (χ0v) is 16.9. The average Bonchev–Trinajstić information content (AvgIpc) is 3.31. The molecule has 4 nitrogen and oxygen atoms in total. The molecular weight excluding hydrogens is 369 g/mol. The minimum atomic E-state index is 0. The third-order valence-corrected chi connectivity index (χ3v) is 6.38. The van der Waals surface area contributed by atoms with Crippen LogP contribution in [-0.2, 0) is 17.9 Å². The molecule has 1 heterocycles. The molecule has 6 heteroatoms. The maximum atomic E-state index is 12.5. The number of likely N-dealkylation sites (tertiary alicyclic amines) is 1. The van der Waals surface area contributed by atoms with Crippen LogP contribution < -0.4 is 11.1 Å². The largest absolute Gasteiger partial charge is 0.352 e. The van der Waals surface area contributed by atoms with Crippen LogP contribution in [0.1, 0.15) is 43.2 Å². The third-order valence-electron chi connectivity index (χ3n) is 6.38. The van der Waals surface area contributed by atoms with E-state index in [-0.39, 0.29) is 42.7 Å². The Morgan fingerprint density at radius 3 is 2.27 bits per heavy atom. The first-order valence-corrected chi connectivity index (χ1v) is 9.54. The van der Waals surface area contributed by atoms with Crippen LogP contribution in [0.4, 0.5) is 0 Å². The van der Waals surface area contributed by atoms with Crippen molar-refractivity contribution in [2.24, 2.45) is 23.5 Å². The lowest BCUT2D eigenvalue weighted by atomic mass is 9.84. The molecular formula is C20H31Cl2N3O. The second-order valence-corrected chi connectivity index (χ2v) is 7.95. The van der Waals surface area contributed by atoms with E-state index in [1.807, 2.05) is 0 Å². The molecule has 0 radical (unpaired) electrons. The lowest BCUT2D eigenvalue weighted by Crippen LogP contribution is -2.45. The molecule has 2 bridgehead atoms. The van der Waals surface area contributed by atoms with Gasteiger partial charge in [-0.05, 0) is 68.2 Å². The molecule has 3 aliphatic rings. The van der Waals surface area contributed by atoms with Gasteiger partial charge >= 0.3 is 0 Å². The summed E-state index contributed by atoms with van der Waals surface area (Å²) in [6.45, 7) is 4.11. The summed E-state index contributed by atoms with van der Waals surface area (Å²) in [5.74, 6) is 1.30. The van der Waals surface area contributed by atoms with E-state index in [9.17, 15) is 4.79 Å². The number of nitrogens with one attached hydrogen (secondary N) is 1. The highest BCUT2D eigenvalue weighted by Gasteiger charge is 2.48. The minimum Gasteiger partial charge on any atom is -0.352 e. The lowest BCUT2D eigenvalue weighted by Gasteiger charge is -2.27. The van der Waals surface area contributed by atoms with Crippen molar-refractivity contribution in [2.45, 2.75) is 51.2 Å². The van der Waals surface area contributed by atoms with E-state index in [2.05, 4.69) is 34.5 Å². The van der Waals surface area contributed by atoms with Crippen LogP contribution in [-0.4, -0.2) is 29.9 Å². The number of fused-ring (bicyclic) bond motifs is 2. The monoisotopic (exact) mass is 399 g/mol. The fourth-order valence-corrected chi connectivity index (χ4v) is 4.99. The van der Waals surface area contributed by atoms with Crippen molar-refractivity contribution in [3.63, 3.8) is 0 Å². The van der Waals surface area contributed by atoms with E-state index >= 15 is 0 Å². The maximum Gasteiger partial charge on any atom is 0.225 e. The Bertz CT molecular complexity index is 587. The van der Waals surface area contributed by atoms with Gasteiger partial charge in [-0.25, -0.2) is 0 Å². The number of nitrogens with zero attached hydrogens (tertiary/aromatic N) is 1. The predicted molar refractivity (Wildman–Crippen MR) is 110 cm³/mol. The third kappa shape index (κ3) is 4.53. The second kappa shape index (κ2) is 9.41. The molecule has 1 saturated heterocycles. The van der Waals surface area contributed by atoms with Gasteiger partial charge in [0, 0.05) is 19.1 Å². The standard InChI is InChI=1S/C20H29N3O.2ClH/c21-19-17-8-7-16(11-17)18(19)20(24)22-12-14-3-5-15(6-4-14)13-23-9-1-2-10-23;;/h3-6,16-19H,1-2,7-13,21H2,(H,22,24);2*1H. The Hall–Kier alpha value is -0.810. The summed E-state index contributed by atoms with van der Waals surface area (Å²) in [6.07, 6.45) is 6.21. The normalized spacial score (nSPS) is 29.9. The summed E-state index contributed by atoms with van der Waals surface area (Å²) < 4.78 is 0. The van der Waals surface area contributed by atoms with Crippen LogP contribution in [0.5, 0.6) is 0 Å². The van der Waals surface area contributed by atoms with Gasteiger partial charge in [-0.1, -0.05) is 24.3 Å². The molecule has 146 valence electrons. The summed E-state index contributed by atoms with van der Waals surface area (Å²) in [7, 11) is 0. The smallest absolute Gasteiger partial charge is 0.225 e. The molecule has 1 aliphatic heterocycles. The van der Waals surface area contributed by atoms with E-state index in [0.29, 0.717) is 18.4 Å². The van der Waals surface area contributed by atoms with Gasteiger partial charge in [0.1, 0.15) is 0 Å². The number of amides is 1. The number of carbonyl (C=O) groups excluding carboxylic acids is 1. The molecule has 4 rings (SSSR count). The number of benzene rings is 1. The van der Waals surface area contributed by atoms with Gasteiger partial charge < -0.3 is 11.1 Å². The molecule has 2 aliphatic carbocycles. The topological polar surface area (TPSA) is 58.4 Å². The number of rotatable bonds is 5. The zero-order chi connectivity index (χ0) is 16.5. The second-order valence-electron chi connectivity index (χ2n) is 7.95. The highest BCUT2D eigenvalue weighted by atomic mass is 35.5. The quantitative estimate of drug-likeness (QED) is 0.799. The number of hydrogen-bond donors (Lipinski definition) is 2. The summed E-state index contributed by atoms with van der Waals surface area (Å²) in [5.41, 5.74) is 8.80. The molecule has 3 fully saturated rings.